The van der Waals surface area contributed by atoms with Crippen LogP contribution in [0.5, 0.6) is 0 Å². The molecule has 1 aromatic heterocycles. The Labute approximate surface area is 227 Å². The van der Waals surface area contributed by atoms with Gasteiger partial charge in [0.15, 0.2) is 0 Å². The fourth-order valence-electron chi connectivity index (χ4n) is 5.29. The Bertz CT molecular complexity index is 1300. The molecule has 2 unspecified atom stereocenters. The van der Waals surface area contributed by atoms with Gasteiger partial charge >= 0.3 is 12.2 Å². The van der Waals surface area contributed by atoms with Crippen molar-refractivity contribution in [3.63, 3.8) is 0 Å². The summed E-state index contributed by atoms with van der Waals surface area (Å²) in [5.41, 5.74) is 2.80. The fourth-order valence-corrected chi connectivity index (χ4v) is 5.29. The Hall–Kier alpha value is -3.56. The molecule has 0 bridgehead atoms. The van der Waals surface area contributed by atoms with Crippen LogP contribution >= 0.6 is 0 Å². The Kier molecular flexibility index (Phi) is 7.95. The topological polar surface area (TPSA) is 79.3 Å². The van der Waals surface area contributed by atoms with Crippen LogP contribution in [-0.2, 0) is 17.5 Å². The normalized spacial score (nSPS) is 19.6. The number of aromatic nitrogens is 2. The minimum atomic E-state index is -4.46. The zero-order chi connectivity index (χ0) is 28.5. The van der Waals surface area contributed by atoms with Crippen molar-refractivity contribution in [2.24, 2.45) is 11.8 Å². The number of nitrogens with zero attached hydrogens (tertiary/aromatic N) is 3. The number of piperidine rings is 1. The number of hydrogen-bond donors (Lipinski definition) is 2. The van der Waals surface area contributed by atoms with Crippen molar-refractivity contribution in [2.75, 3.05) is 19.6 Å². The number of urea groups is 1. The number of fused-ring (bicyclic) bond motifs is 1. The summed E-state index contributed by atoms with van der Waals surface area (Å²) < 4.78 is 42.1. The molecule has 1 saturated heterocycles. The molecule has 10 heteroatoms. The number of likely N-dealkylation sites (tertiary alicyclic amines) is 1. The van der Waals surface area contributed by atoms with Crippen molar-refractivity contribution in [1.29, 1.82) is 0 Å². The Morgan fingerprint density at radius 1 is 1.13 bits per heavy atom. The summed E-state index contributed by atoms with van der Waals surface area (Å²) >= 11 is 0. The van der Waals surface area contributed by atoms with Gasteiger partial charge < -0.3 is 15.5 Å². The third-order valence-corrected chi connectivity index (χ3v) is 7.06. The summed E-state index contributed by atoms with van der Waals surface area (Å²) in [4.78, 5) is 28.1. The summed E-state index contributed by atoms with van der Waals surface area (Å²) in [7, 11) is 0. The average molecular weight is 544 g/mol. The lowest BCUT2D eigenvalue weighted by Gasteiger charge is -2.41. The SMILES string of the molecule is Cc1cc(C)n(CCNC(=O)C2C=CC(c3cccc(C(F)(F)F)c3)=C3CCN(C(=O)NC(C)(C)C)CC32)n1. The summed E-state index contributed by atoms with van der Waals surface area (Å²) in [6.45, 7) is 11.2. The van der Waals surface area contributed by atoms with Gasteiger partial charge in [0.05, 0.1) is 23.7 Å². The Morgan fingerprint density at radius 3 is 2.51 bits per heavy atom. The van der Waals surface area contributed by atoms with Crippen LogP contribution in [0.1, 0.15) is 49.7 Å². The molecule has 210 valence electrons. The molecule has 39 heavy (non-hydrogen) atoms. The van der Waals surface area contributed by atoms with Gasteiger partial charge in [0.2, 0.25) is 5.91 Å². The summed E-state index contributed by atoms with van der Waals surface area (Å²) in [6.07, 6.45) is -0.472. The maximum Gasteiger partial charge on any atom is 0.416 e. The van der Waals surface area contributed by atoms with Gasteiger partial charge in [-0.1, -0.05) is 29.9 Å². The first-order valence-electron chi connectivity index (χ1n) is 13.2. The van der Waals surface area contributed by atoms with E-state index in [0.29, 0.717) is 43.7 Å². The molecule has 1 fully saturated rings. The van der Waals surface area contributed by atoms with E-state index < -0.39 is 23.2 Å². The molecule has 2 atom stereocenters. The standard InChI is InChI=1S/C29H36F3N5O2/c1-18-15-19(2)37(35-18)14-12-33-26(38)24-10-9-22(20-7-6-8-21(16-20)29(30,31)32)23-11-13-36(17-25(23)24)27(39)34-28(3,4)5/h6-10,15-16,24-25H,11-14,17H2,1-5H3,(H,33,38)(H,34,39). The minimum Gasteiger partial charge on any atom is -0.354 e. The van der Waals surface area contributed by atoms with Crippen LogP contribution in [0.4, 0.5) is 18.0 Å². The van der Waals surface area contributed by atoms with E-state index in [4.69, 9.17) is 0 Å². The molecule has 0 radical (unpaired) electrons. The van der Waals surface area contributed by atoms with Gasteiger partial charge in [-0.2, -0.15) is 18.3 Å². The van der Waals surface area contributed by atoms with Gasteiger partial charge in [0, 0.05) is 36.8 Å². The lowest BCUT2D eigenvalue weighted by molar-refractivity contribution is -0.137. The second-order valence-corrected chi connectivity index (χ2v) is 11.3. The van der Waals surface area contributed by atoms with Gasteiger partial charge in [0.1, 0.15) is 0 Å². The first-order valence-corrected chi connectivity index (χ1v) is 13.2. The second-order valence-electron chi connectivity index (χ2n) is 11.3. The van der Waals surface area contributed by atoms with E-state index in [9.17, 15) is 22.8 Å². The lowest BCUT2D eigenvalue weighted by atomic mass is 9.73. The van der Waals surface area contributed by atoms with Crippen LogP contribution in [0.15, 0.2) is 48.1 Å². The van der Waals surface area contributed by atoms with Crippen molar-refractivity contribution in [1.82, 2.24) is 25.3 Å². The van der Waals surface area contributed by atoms with Crippen LogP contribution in [0.2, 0.25) is 0 Å². The molecule has 1 aromatic carbocycles. The van der Waals surface area contributed by atoms with Gasteiger partial charge in [0.25, 0.3) is 0 Å². The molecule has 1 aliphatic carbocycles. The fraction of sp³-hybridized carbons (Fsp3) is 0.483. The summed E-state index contributed by atoms with van der Waals surface area (Å²) in [6, 6.07) is 7.01. The molecular weight excluding hydrogens is 507 g/mol. The predicted molar refractivity (Wildman–Crippen MR) is 144 cm³/mol. The Balaban J connectivity index is 1.59. The van der Waals surface area contributed by atoms with Crippen molar-refractivity contribution < 1.29 is 22.8 Å². The smallest absolute Gasteiger partial charge is 0.354 e. The minimum absolute atomic E-state index is 0.184. The van der Waals surface area contributed by atoms with Crippen molar-refractivity contribution in [2.45, 2.75) is 59.3 Å². The van der Waals surface area contributed by atoms with Crippen LogP contribution in [0.25, 0.3) is 5.57 Å². The zero-order valence-corrected chi connectivity index (χ0v) is 23.0. The largest absolute Gasteiger partial charge is 0.416 e. The molecule has 3 amide bonds. The molecule has 0 spiro atoms. The van der Waals surface area contributed by atoms with Crippen LogP contribution < -0.4 is 10.6 Å². The monoisotopic (exact) mass is 543 g/mol. The number of alkyl halides is 3. The van der Waals surface area contributed by atoms with Gasteiger partial charge in [-0.3, -0.25) is 9.48 Å². The average Bonchev–Trinajstić information content (AvgIpc) is 3.17. The first kappa shape index (κ1) is 28.4. The highest BCUT2D eigenvalue weighted by molar-refractivity contribution is 5.87. The third-order valence-electron chi connectivity index (χ3n) is 7.06. The maximum absolute atomic E-state index is 13.4. The van der Waals surface area contributed by atoms with Crippen LogP contribution in [0.3, 0.4) is 0 Å². The number of rotatable bonds is 5. The van der Waals surface area contributed by atoms with Crippen LogP contribution in [0, 0.1) is 25.7 Å². The first-order chi connectivity index (χ1) is 18.2. The van der Waals surface area contributed by atoms with Crippen molar-refractivity contribution in [3.05, 3.63) is 70.6 Å². The third kappa shape index (κ3) is 6.72. The van der Waals surface area contributed by atoms with Crippen molar-refractivity contribution in [3.8, 4) is 0 Å². The van der Waals surface area contributed by atoms with E-state index in [0.717, 1.165) is 29.1 Å². The van der Waals surface area contributed by atoms with E-state index in [1.165, 1.54) is 6.07 Å². The number of hydrogen-bond acceptors (Lipinski definition) is 3. The van der Waals surface area contributed by atoms with E-state index in [-0.39, 0.29) is 17.9 Å². The highest BCUT2D eigenvalue weighted by atomic mass is 19.4. The van der Waals surface area contributed by atoms with Gasteiger partial charge in [-0.05, 0) is 70.4 Å². The molecule has 4 rings (SSSR count). The number of allylic oxidation sites excluding steroid dienone is 2. The molecule has 7 nitrogen and oxygen atoms in total. The quantitative estimate of drug-likeness (QED) is 0.551. The number of carbonyl (C=O) groups excluding carboxylic acids is 2. The molecule has 2 heterocycles. The van der Waals surface area contributed by atoms with Gasteiger partial charge in [-0.15, -0.1) is 0 Å². The van der Waals surface area contributed by atoms with E-state index in [1.807, 2.05) is 45.4 Å². The molecular formula is C29H36F3N5O2. The van der Waals surface area contributed by atoms with Gasteiger partial charge in [-0.25, -0.2) is 4.79 Å². The predicted octanol–water partition coefficient (Wildman–Crippen LogP) is 5.10. The zero-order valence-electron chi connectivity index (χ0n) is 23.0. The number of carbonyl (C=O) groups is 2. The van der Waals surface area contributed by atoms with E-state index in [1.54, 1.807) is 23.1 Å². The highest BCUT2D eigenvalue weighted by Gasteiger charge is 2.39. The number of aryl methyl sites for hydroxylation is 2. The van der Waals surface area contributed by atoms with E-state index >= 15 is 0 Å². The molecule has 2 aromatic rings. The lowest BCUT2D eigenvalue weighted by Crippen LogP contribution is -2.53. The number of benzene rings is 1. The molecule has 2 aliphatic rings. The number of nitrogens with one attached hydrogen (secondary N) is 2. The maximum atomic E-state index is 13.4. The molecule has 2 N–H and O–H groups in total. The number of amides is 3. The number of halogens is 3. The second kappa shape index (κ2) is 10.9. The highest BCUT2D eigenvalue weighted by Crippen LogP contribution is 2.41. The Morgan fingerprint density at radius 2 is 1.87 bits per heavy atom. The van der Waals surface area contributed by atoms with Crippen molar-refractivity contribution >= 4 is 17.5 Å². The molecule has 1 aliphatic heterocycles. The summed E-state index contributed by atoms with van der Waals surface area (Å²) in [5, 5.41) is 10.4. The van der Waals surface area contributed by atoms with Crippen LogP contribution in [-0.4, -0.2) is 51.8 Å². The van der Waals surface area contributed by atoms with E-state index in [2.05, 4.69) is 15.7 Å². The molecule has 0 saturated carbocycles. The summed E-state index contributed by atoms with van der Waals surface area (Å²) in [5.74, 6) is -1.09.